The Labute approximate surface area is 189 Å². The van der Waals surface area contributed by atoms with E-state index in [9.17, 15) is 22.4 Å². The number of benzene rings is 2. The second kappa shape index (κ2) is 9.35. The van der Waals surface area contributed by atoms with Gasteiger partial charge in [0.1, 0.15) is 11.5 Å². The van der Waals surface area contributed by atoms with Gasteiger partial charge >= 0.3 is 6.18 Å². The molecule has 2 heterocycles. The minimum atomic E-state index is -4.89. The summed E-state index contributed by atoms with van der Waals surface area (Å²) in [6, 6.07) is 12.9. The molecule has 9 heteroatoms. The molecule has 0 radical (unpaired) electrons. The number of aryl methyl sites for hydroxylation is 1. The van der Waals surface area contributed by atoms with Crippen LogP contribution in [-0.4, -0.2) is 39.7 Å². The third kappa shape index (κ3) is 5.08. The molecular weight excluding hydrogens is 436 g/mol. The highest BCUT2D eigenvalue weighted by atomic mass is 19.4. The summed E-state index contributed by atoms with van der Waals surface area (Å²) < 4.78 is 56.0. The second-order valence-electron chi connectivity index (χ2n) is 8.22. The van der Waals surface area contributed by atoms with Crippen molar-refractivity contribution in [1.82, 2.24) is 20.0 Å². The second-order valence-corrected chi connectivity index (χ2v) is 8.22. The molecule has 0 atom stereocenters. The lowest BCUT2D eigenvalue weighted by molar-refractivity contribution is -0.143. The summed E-state index contributed by atoms with van der Waals surface area (Å²) in [5, 5.41) is 6.39. The largest absolute Gasteiger partial charge is 0.434 e. The maximum absolute atomic E-state index is 14.1. The van der Waals surface area contributed by atoms with E-state index < -0.39 is 29.2 Å². The fraction of sp³-hybridized carbons (Fsp3) is 0.333. The van der Waals surface area contributed by atoms with Crippen LogP contribution in [0.3, 0.4) is 0 Å². The predicted molar refractivity (Wildman–Crippen MR) is 115 cm³/mol. The first kappa shape index (κ1) is 23.0. The van der Waals surface area contributed by atoms with Gasteiger partial charge in [-0.05, 0) is 43.0 Å². The van der Waals surface area contributed by atoms with E-state index in [1.54, 1.807) is 0 Å². The molecule has 0 unspecified atom stereocenters. The molecule has 174 valence electrons. The van der Waals surface area contributed by atoms with E-state index in [2.05, 4.69) is 34.4 Å². The molecule has 5 nitrogen and oxygen atoms in total. The molecule has 2 aromatic carbocycles. The number of halogens is 4. The van der Waals surface area contributed by atoms with Crippen LogP contribution in [0.4, 0.5) is 17.6 Å². The summed E-state index contributed by atoms with van der Waals surface area (Å²) in [6.45, 7) is 4.29. The maximum atomic E-state index is 14.1. The maximum Gasteiger partial charge on any atom is 0.434 e. The molecule has 0 aliphatic carbocycles. The molecule has 1 N–H and O–H groups in total. The number of nitrogens with one attached hydrogen (secondary N) is 1. The monoisotopic (exact) mass is 460 g/mol. The molecule has 1 aliphatic heterocycles. The minimum absolute atomic E-state index is 0.247. The van der Waals surface area contributed by atoms with E-state index in [-0.39, 0.29) is 11.7 Å². The normalized spacial score (nSPS) is 15.5. The van der Waals surface area contributed by atoms with E-state index in [0.29, 0.717) is 17.5 Å². The molecule has 1 aromatic heterocycles. The number of carbonyl (C=O) groups is 1. The van der Waals surface area contributed by atoms with Gasteiger partial charge in [0, 0.05) is 25.7 Å². The van der Waals surface area contributed by atoms with Crippen molar-refractivity contribution in [3.05, 3.63) is 82.9 Å². The third-order valence-corrected chi connectivity index (χ3v) is 5.94. The quantitative estimate of drug-likeness (QED) is 0.560. The number of carbonyl (C=O) groups excluding carboxylic acids is 1. The number of nitrogens with zero attached hydrogens (tertiary/aromatic N) is 3. The van der Waals surface area contributed by atoms with Gasteiger partial charge in [0.2, 0.25) is 0 Å². The number of likely N-dealkylation sites (tertiary alicyclic amines) is 1. The Bertz CT molecular complexity index is 1130. The van der Waals surface area contributed by atoms with E-state index in [4.69, 9.17) is 0 Å². The Kier molecular flexibility index (Phi) is 6.51. The Hall–Kier alpha value is -3.20. The van der Waals surface area contributed by atoms with E-state index in [0.717, 1.165) is 31.9 Å². The highest BCUT2D eigenvalue weighted by Crippen LogP contribution is 2.34. The molecule has 4 rings (SSSR count). The zero-order chi connectivity index (χ0) is 23.6. The highest BCUT2D eigenvalue weighted by Gasteiger charge is 2.41. The molecule has 0 bridgehead atoms. The molecule has 0 spiro atoms. The van der Waals surface area contributed by atoms with Crippen molar-refractivity contribution in [3.63, 3.8) is 0 Å². The molecule has 1 aliphatic rings. The fourth-order valence-electron chi connectivity index (χ4n) is 4.12. The van der Waals surface area contributed by atoms with Crippen LogP contribution in [0.5, 0.6) is 0 Å². The number of amides is 1. The minimum Gasteiger partial charge on any atom is -0.349 e. The molecule has 33 heavy (non-hydrogen) atoms. The van der Waals surface area contributed by atoms with Crippen molar-refractivity contribution in [1.29, 1.82) is 0 Å². The highest BCUT2D eigenvalue weighted by molar-refractivity contribution is 5.95. The standard InChI is InChI=1S/C24H24F4N4O/c1-16-6-2-3-7-17(16)15-31-12-10-18(11-13-31)30-23(33)19-14-29-32(22(19)24(26,27)28)21-9-5-4-8-20(21)25/h2-9,14,18H,10-13,15H2,1H3,(H,30,33). The predicted octanol–water partition coefficient (Wildman–Crippen LogP) is 4.73. The van der Waals surface area contributed by atoms with Crippen molar-refractivity contribution >= 4 is 5.91 Å². The lowest BCUT2D eigenvalue weighted by atomic mass is 10.0. The zero-order valence-electron chi connectivity index (χ0n) is 18.1. The van der Waals surface area contributed by atoms with Gasteiger partial charge in [-0.2, -0.15) is 18.3 Å². The number of piperidine rings is 1. The van der Waals surface area contributed by atoms with Gasteiger partial charge in [-0.25, -0.2) is 9.07 Å². The van der Waals surface area contributed by atoms with Crippen molar-refractivity contribution in [3.8, 4) is 5.69 Å². The van der Waals surface area contributed by atoms with Gasteiger partial charge in [0.15, 0.2) is 5.69 Å². The molecule has 1 amide bonds. The summed E-state index contributed by atoms with van der Waals surface area (Å²) in [4.78, 5) is 15.0. The van der Waals surface area contributed by atoms with Gasteiger partial charge in [-0.15, -0.1) is 0 Å². The molecule has 1 fully saturated rings. The number of hydrogen-bond acceptors (Lipinski definition) is 3. The summed E-state index contributed by atoms with van der Waals surface area (Å²) in [7, 11) is 0. The Balaban J connectivity index is 1.45. The summed E-state index contributed by atoms with van der Waals surface area (Å²) in [5.41, 5.74) is 0.165. The average molecular weight is 460 g/mol. The zero-order valence-corrected chi connectivity index (χ0v) is 18.1. The van der Waals surface area contributed by atoms with Crippen LogP contribution in [-0.2, 0) is 12.7 Å². The van der Waals surface area contributed by atoms with Crippen LogP contribution in [0.25, 0.3) is 5.69 Å². The van der Waals surface area contributed by atoms with Crippen molar-refractivity contribution in [2.45, 2.75) is 38.5 Å². The summed E-state index contributed by atoms with van der Waals surface area (Å²) >= 11 is 0. The van der Waals surface area contributed by atoms with Gasteiger partial charge in [-0.1, -0.05) is 36.4 Å². The van der Waals surface area contributed by atoms with Gasteiger partial charge in [0.25, 0.3) is 5.91 Å². The number of alkyl halides is 3. The van der Waals surface area contributed by atoms with Gasteiger partial charge < -0.3 is 5.32 Å². The fourth-order valence-corrected chi connectivity index (χ4v) is 4.12. The Morgan fingerprint density at radius 1 is 1.09 bits per heavy atom. The number of rotatable bonds is 5. The SMILES string of the molecule is Cc1ccccc1CN1CCC(NC(=O)c2cnn(-c3ccccc3F)c2C(F)(F)F)CC1. The van der Waals surface area contributed by atoms with Crippen molar-refractivity contribution < 1.29 is 22.4 Å². The van der Waals surface area contributed by atoms with E-state index in [1.165, 1.54) is 29.3 Å². The first-order valence-electron chi connectivity index (χ1n) is 10.7. The van der Waals surface area contributed by atoms with Gasteiger partial charge in [-0.3, -0.25) is 9.69 Å². The third-order valence-electron chi connectivity index (χ3n) is 5.94. The molecule has 3 aromatic rings. The molecule has 1 saturated heterocycles. The van der Waals surface area contributed by atoms with Crippen molar-refractivity contribution in [2.75, 3.05) is 13.1 Å². The topological polar surface area (TPSA) is 50.2 Å². The number of hydrogen-bond donors (Lipinski definition) is 1. The van der Waals surface area contributed by atoms with Crippen LogP contribution in [0.2, 0.25) is 0 Å². The molecular formula is C24H24F4N4O. The Morgan fingerprint density at radius 2 is 1.76 bits per heavy atom. The smallest absolute Gasteiger partial charge is 0.349 e. The lowest BCUT2D eigenvalue weighted by Gasteiger charge is -2.32. The first-order chi connectivity index (χ1) is 15.7. The van der Waals surface area contributed by atoms with Crippen LogP contribution in [0, 0.1) is 12.7 Å². The lowest BCUT2D eigenvalue weighted by Crippen LogP contribution is -2.44. The van der Waals surface area contributed by atoms with Crippen LogP contribution in [0.1, 0.15) is 40.0 Å². The van der Waals surface area contributed by atoms with Crippen LogP contribution < -0.4 is 5.32 Å². The van der Waals surface area contributed by atoms with E-state index in [1.807, 2.05) is 12.1 Å². The summed E-state index contributed by atoms with van der Waals surface area (Å²) in [5.74, 6) is -1.72. The summed E-state index contributed by atoms with van der Waals surface area (Å²) in [6.07, 6.45) is -2.79. The molecule has 0 saturated carbocycles. The van der Waals surface area contributed by atoms with Crippen LogP contribution >= 0.6 is 0 Å². The van der Waals surface area contributed by atoms with Crippen molar-refractivity contribution in [2.24, 2.45) is 0 Å². The average Bonchev–Trinajstić information content (AvgIpc) is 3.23. The first-order valence-corrected chi connectivity index (χ1v) is 10.7. The van der Waals surface area contributed by atoms with Gasteiger partial charge in [0.05, 0.1) is 11.8 Å². The Morgan fingerprint density at radius 3 is 2.42 bits per heavy atom. The number of para-hydroxylation sites is 1. The van der Waals surface area contributed by atoms with Crippen LogP contribution in [0.15, 0.2) is 54.7 Å². The van der Waals surface area contributed by atoms with E-state index >= 15 is 0 Å². The number of aromatic nitrogens is 2.